The van der Waals surface area contributed by atoms with E-state index in [1.54, 1.807) is 37.4 Å². The van der Waals surface area contributed by atoms with E-state index in [-0.39, 0.29) is 0 Å². The van der Waals surface area contributed by atoms with Crippen LogP contribution in [-0.4, -0.2) is 25.1 Å². The van der Waals surface area contributed by atoms with Crippen molar-refractivity contribution in [3.63, 3.8) is 0 Å². The summed E-state index contributed by atoms with van der Waals surface area (Å²) in [7, 11) is 1.55. The van der Waals surface area contributed by atoms with Crippen LogP contribution < -0.4 is 20.2 Å². The SMILES string of the molecule is COc1cc(/C=N/NC(=O)C(=O)Nc2ccc(Br)cc2C)ccc1OCc1cccc2ccccc12. The fraction of sp³-hybridized carbons (Fsp3) is 0.107. The average Bonchev–Trinajstić information content (AvgIpc) is 2.89. The second-order valence-electron chi connectivity index (χ2n) is 7.95. The first-order valence-corrected chi connectivity index (χ1v) is 11.9. The van der Waals surface area contributed by atoms with Crippen LogP contribution in [0.2, 0.25) is 0 Å². The number of carbonyl (C=O) groups excluding carboxylic acids is 2. The third kappa shape index (κ3) is 6.09. The first kappa shape index (κ1) is 24.9. The van der Waals surface area contributed by atoms with Gasteiger partial charge in [0.05, 0.1) is 13.3 Å². The lowest BCUT2D eigenvalue weighted by molar-refractivity contribution is -0.136. The Kier molecular flexibility index (Phi) is 7.97. The highest BCUT2D eigenvalue weighted by Gasteiger charge is 2.14. The van der Waals surface area contributed by atoms with E-state index in [2.05, 4.69) is 50.0 Å². The van der Waals surface area contributed by atoms with Gasteiger partial charge in [-0.3, -0.25) is 9.59 Å². The number of amides is 2. The zero-order valence-corrected chi connectivity index (χ0v) is 21.3. The molecule has 0 unspecified atom stereocenters. The Morgan fingerprint density at radius 1 is 0.944 bits per heavy atom. The first-order valence-electron chi connectivity index (χ1n) is 11.1. The molecule has 0 saturated carbocycles. The van der Waals surface area contributed by atoms with Gasteiger partial charge < -0.3 is 14.8 Å². The Bertz CT molecular complexity index is 1450. The third-order valence-corrected chi connectivity index (χ3v) is 5.97. The number of rotatable bonds is 7. The lowest BCUT2D eigenvalue weighted by atomic mass is 10.1. The summed E-state index contributed by atoms with van der Waals surface area (Å²) in [6, 6.07) is 24.9. The number of ether oxygens (including phenoxy) is 2. The maximum atomic E-state index is 12.2. The Morgan fingerprint density at radius 2 is 1.75 bits per heavy atom. The predicted molar refractivity (Wildman–Crippen MR) is 145 cm³/mol. The van der Waals surface area contributed by atoms with Gasteiger partial charge in [0, 0.05) is 10.2 Å². The summed E-state index contributed by atoms with van der Waals surface area (Å²) >= 11 is 3.36. The lowest BCUT2D eigenvalue weighted by Crippen LogP contribution is -2.32. The van der Waals surface area contributed by atoms with Crippen molar-refractivity contribution in [2.45, 2.75) is 13.5 Å². The highest BCUT2D eigenvalue weighted by atomic mass is 79.9. The number of carbonyl (C=O) groups is 2. The van der Waals surface area contributed by atoms with E-state index in [1.165, 1.54) is 6.21 Å². The molecular weight excluding hydrogens is 522 g/mol. The number of benzene rings is 4. The standard InChI is InChI=1S/C28H24BrN3O4/c1-18-14-22(29)11-12-24(18)31-27(33)28(34)32-30-16-19-10-13-25(26(15-19)35-2)36-17-21-8-5-7-20-6-3-4-9-23(20)21/h3-16H,17H2,1-2H3,(H,31,33)(H,32,34)/b30-16+. The Balaban J connectivity index is 1.37. The number of aryl methyl sites for hydroxylation is 1. The fourth-order valence-corrected chi connectivity index (χ4v) is 4.10. The summed E-state index contributed by atoms with van der Waals surface area (Å²) in [6.45, 7) is 2.22. The van der Waals surface area contributed by atoms with Crippen molar-refractivity contribution in [1.82, 2.24) is 5.43 Å². The highest BCUT2D eigenvalue weighted by Crippen LogP contribution is 2.29. The van der Waals surface area contributed by atoms with Gasteiger partial charge in [-0.15, -0.1) is 0 Å². The van der Waals surface area contributed by atoms with E-state index in [0.717, 1.165) is 26.4 Å². The van der Waals surface area contributed by atoms with E-state index < -0.39 is 11.8 Å². The number of methoxy groups -OCH3 is 1. The van der Waals surface area contributed by atoms with Gasteiger partial charge in [-0.25, -0.2) is 5.43 Å². The summed E-state index contributed by atoms with van der Waals surface area (Å²) in [5.74, 6) is -0.590. The van der Waals surface area contributed by atoms with Gasteiger partial charge >= 0.3 is 11.8 Å². The zero-order valence-electron chi connectivity index (χ0n) is 19.7. The monoisotopic (exact) mass is 545 g/mol. The molecule has 4 rings (SSSR count). The van der Waals surface area contributed by atoms with Gasteiger partial charge in [-0.2, -0.15) is 5.10 Å². The molecule has 0 radical (unpaired) electrons. The van der Waals surface area contributed by atoms with Gasteiger partial charge in [0.1, 0.15) is 6.61 Å². The minimum Gasteiger partial charge on any atom is -0.493 e. The quantitative estimate of drug-likeness (QED) is 0.180. The van der Waals surface area contributed by atoms with Crippen LogP contribution in [0.25, 0.3) is 10.8 Å². The molecule has 2 N–H and O–H groups in total. The molecule has 2 amide bonds. The molecular formula is C28H24BrN3O4. The van der Waals surface area contributed by atoms with Crippen LogP contribution in [0.5, 0.6) is 11.5 Å². The second-order valence-corrected chi connectivity index (χ2v) is 8.87. The van der Waals surface area contributed by atoms with E-state index in [1.807, 2.05) is 37.3 Å². The molecule has 0 fully saturated rings. The van der Waals surface area contributed by atoms with Crippen LogP contribution in [0.4, 0.5) is 5.69 Å². The molecule has 0 spiro atoms. The third-order valence-electron chi connectivity index (χ3n) is 5.47. The van der Waals surface area contributed by atoms with E-state index in [9.17, 15) is 9.59 Å². The number of anilines is 1. The molecule has 0 bridgehead atoms. The smallest absolute Gasteiger partial charge is 0.329 e. The number of hydrogen-bond donors (Lipinski definition) is 2. The molecule has 0 heterocycles. The van der Waals surface area contributed by atoms with Crippen molar-refractivity contribution >= 4 is 50.4 Å². The molecule has 0 saturated heterocycles. The summed E-state index contributed by atoms with van der Waals surface area (Å²) in [6.07, 6.45) is 1.42. The normalized spacial score (nSPS) is 10.9. The molecule has 0 aliphatic rings. The van der Waals surface area contributed by atoms with Crippen LogP contribution in [0.1, 0.15) is 16.7 Å². The maximum absolute atomic E-state index is 12.2. The molecule has 4 aromatic carbocycles. The van der Waals surface area contributed by atoms with Crippen molar-refractivity contribution in [3.05, 3.63) is 100 Å². The van der Waals surface area contributed by atoms with Crippen LogP contribution in [0.15, 0.2) is 88.4 Å². The van der Waals surface area contributed by atoms with Crippen molar-refractivity contribution in [2.24, 2.45) is 5.10 Å². The molecule has 7 nitrogen and oxygen atoms in total. The molecule has 8 heteroatoms. The highest BCUT2D eigenvalue weighted by molar-refractivity contribution is 9.10. The second kappa shape index (κ2) is 11.5. The van der Waals surface area contributed by atoms with E-state index in [0.29, 0.717) is 29.4 Å². The molecule has 0 atom stereocenters. The molecule has 4 aromatic rings. The largest absolute Gasteiger partial charge is 0.493 e. The zero-order chi connectivity index (χ0) is 25.5. The molecule has 0 aromatic heterocycles. The molecule has 182 valence electrons. The van der Waals surface area contributed by atoms with Crippen molar-refractivity contribution in [3.8, 4) is 11.5 Å². The first-order chi connectivity index (χ1) is 17.4. The van der Waals surface area contributed by atoms with Crippen molar-refractivity contribution < 1.29 is 19.1 Å². The van der Waals surface area contributed by atoms with E-state index in [4.69, 9.17) is 9.47 Å². The topological polar surface area (TPSA) is 89.0 Å². The number of hydrazone groups is 1. The van der Waals surface area contributed by atoms with Gasteiger partial charge in [0.15, 0.2) is 11.5 Å². The number of halogens is 1. The lowest BCUT2D eigenvalue weighted by Gasteiger charge is -2.12. The number of fused-ring (bicyclic) bond motifs is 1. The van der Waals surface area contributed by atoms with Crippen LogP contribution in [0.3, 0.4) is 0 Å². The molecule has 0 aliphatic carbocycles. The Labute approximate surface area is 217 Å². The van der Waals surface area contributed by atoms with Gasteiger partial charge in [0.2, 0.25) is 0 Å². The molecule has 0 aliphatic heterocycles. The number of nitrogens with zero attached hydrogens (tertiary/aromatic N) is 1. The van der Waals surface area contributed by atoms with Crippen molar-refractivity contribution in [1.29, 1.82) is 0 Å². The minimum atomic E-state index is -0.879. The summed E-state index contributed by atoms with van der Waals surface area (Å²) < 4.78 is 12.4. The van der Waals surface area contributed by atoms with Gasteiger partial charge in [-0.1, -0.05) is 58.4 Å². The molecule has 36 heavy (non-hydrogen) atoms. The van der Waals surface area contributed by atoms with Crippen LogP contribution in [-0.2, 0) is 16.2 Å². The Hall–Kier alpha value is -4.17. The van der Waals surface area contributed by atoms with E-state index >= 15 is 0 Å². The minimum absolute atomic E-state index is 0.383. The van der Waals surface area contributed by atoms with Gasteiger partial charge in [-0.05, 0) is 70.8 Å². The number of hydrogen-bond acceptors (Lipinski definition) is 5. The summed E-state index contributed by atoms with van der Waals surface area (Å²) in [5, 5.41) is 8.74. The number of nitrogens with one attached hydrogen (secondary N) is 2. The summed E-state index contributed by atoms with van der Waals surface area (Å²) in [5.41, 5.74) is 5.34. The fourth-order valence-electron chi connectivity index (χ4n) is 3.62. The Morgan fingerprint density at radius 3 is 2.56 bits per heavy atom. The predicted octanol–water partition coefficient (Wildman–Crippen LogP) is 5.59. The average molecular weight is 546 g/mol. The maximum Gasteiger partial charge on any atom is 0.329 e. The van der Waals surface area contributed by atoms with Gasteiger partial charge in [0.25, 0.3) is 0 Å². The van der Waals surface area contributed by atoms with Crippen molar-refractivity contribution in [2.75, 3.05) is 12.4 Å². The summed E-state index contributed by atoms with van der Waals surface area (Å²) in [4.78, 5) is 24.3. The van der Waals surface area contributed by atoms with Crippen LogP contribution in [0, 0.1) is 6.92 Å². The van der Waals surface area contributed by atoms with Crippen LogP contribution >= 0.6 is 15.9 Å².